The van der Waals surface area contributed by atoms with Gasteiger partial charge >= 0.3 is 5.97 Å². The fourth-order valence-electron chi connectivity index (χ4n) is 3.04. The van der Waals surface area contributed by atoms with Gasteiger partial charge in [0.15, 0.2) is 5.69 Å². The number of carbonyl (C=O) groups is 2. The van der Waals surface area contributed by atoms with Crippen molar-refractivity contribution < 1.29 is 18.7 Å². The molecule has 0 saturated heterocycles. The maximum absolute atomic E-state index is 12.8. The Morgan fingerprint density at radius 2 is 1.75 bits per heavy atom. The zero-order valence-corrected chi connectivity index (χ0v) is 18.7. The lowest BCUT2D eigenvalue weighted by atomic mass is 10.1. The van der Waals surface area contributed by atoms with Crippen LogP contribution < -0.4 is 11.1 Å². The number of esters is 1. The summed E-state index contributed by atoms with van der Waals surface area (Å²) in [5, 5.41) is 2.73. The second-order valence-electron chi connectivity index (χ2n) is 7.27. The number of thioether (sulfide) groups is 1. The molecule has 2 aromatic carbocycles. The van der Waals surface area contributed by atoms with Crippen LogP contribution in [-0.4, -0.2) is 34.9 Å². The van der Waals surface area contributed by atoms with E-state index in [9.17, 15) is 9.59 Å². The number of ether oxygens (including phenoxy) is 1. The minimum absolute atomic E-state index is 0.0773. The zero-order valence-electron chi connectivity index (χ0n) is 17.9. The van der Waals surface area contributed by atoms with Crippen molar-refractivity contribution in [2.24, 2.45) is 5.73 Å². The standard InChI is InChI=1S/C24H27N3O4S/c1-32-13-12-19(25)23-27-21(16-30-23)22(28)26-20(14-17-8-4-2-5-9-17)24(29)31-15-18-10-6-3-7-11-18/h2-11,16,19-20H,12-15,25H2,1H3,(H,26,28). The van der Waals surface area contributed by atoms with Gasteiger partial charge in [0, 0.05) is 6.42 Å². The fourth-order valence-corrected chi connectivity index (χ4v) is 3.52. The molecule has 8 heteroatoms. The van der Waals surface area contributed by atoms with Crippen LogP contribution in [0, 0.1) is 0 Å². The van der Waals surface area contributed by atoms with E-state index in [1.807, 2.05) is 66.9 Å². The molecule has 0 radical (unpaired) electrons. The summed E-state index contributed by atoms with van der Waals surface area (Å²) >= 11 is 1.67. The second-order valence-corrected chi connectivity index (χ2v) is 8.25. The first-order valence-corrected chi connectivity index (χ1v) is 11.7. The quantitative estimate of drug-likeness (QED) is 0.428. The van der Waals surface area contributed by atoms with E-state index in [4.69, 9.17) is 14.9 Å². The zero-order chi connectivity index (χ0) is 22.8. The molecule has 3 rings (SSSR count). The van der Waals surface area contributed by atoms with Gasteiger partial charge in [-0.3, -0.25) is 4.79 Å². The number of nitrogens with zero attached hydrogens (tertiary/aromatic N) is 1. The fraction of sp³-hybridized carbons (Fsp3) is 0.292. The number of hydrogen-bond donors (Lipinski definition) is 2. The molecule has 0 fully saturated rings. The van der Waals surface area contributed by atoms with Gasteiger partial charge in [-0.15, -0.1) is 0 Å². The van der Waals surface area contributed by atoms with Crippen LogP contribution >= 0.6 is 11.8 Å². The number of amides is 1. The van der Waals surface area contributed by atoms with Crippen molar-refractivity contribution >= 4 is 23.6 Å². The summed E-state index contributed by atoms with van der Waals surface area (Å²) in [7, 11) is 0. The molecule has 0 aliphatic carbocycles. The Morgan fingerprint density at radius 3 is 2.41 bits per heavy atom. The third kappa shape index (κ3) is 6.96. The highest BCUT2D eigenvalue weighted by atomic mass is 32.2. The summed E-state index contributed by atoms with van der Waals surface area (Å²) < 4.78 is 10.9. The first-order valence-electron chi connectivity index (χ1n) is 10.3. The minimum Gasteiger partial charge on any atom is -0.459 e. The molecular formula is C24H27N3O4S. The van der Waals surface area contributed by atoms with E-state index in [1.54, 1.807) is 11.8 Å². The molecular weight excluding hydrogens is 426 g/mol. The Morgan fingerprint density at radius 1 is 1.09 bits per heavy atom. The van der Waals surface area contributed by atoms with E-state index in [-0.39, 0.29) is 24.8 Å². The van der Waals surface area contributed by atoms with Gasteiger partial charge in [-0.05, 0) is 29.6 Å². The first kappa shape index (κ1) is 23.6. The average molecular weight is 454 g/mol. The van der Waals surface area contributed by atoms with Gasteiger partial charge in [-0.1, -0.05) is 60.7 Å². The van der Waals surface area contributed by atoms with Gasteiger partial charge < -0.3 is 20.2 Å². The molecule has 0 bridgehead atoms. The molecule has 2 unspecified atom stereocenters. The number of nitrogens with one attached hydrogen (secondary N) is 1. The van der Waals surface area contributed by atoms with Crippen molar-refractivity contribution in [3.05, 3.63) is 89.6 Å². The first-order chi connectivity index (χ1) is 15.6. The molecule has 1 heterocycles. The van der Waals surface area contributed by atoms with Gasteiger partial charge in [-0.2, -0.15) is 11.8 Å². The molecule has 7 nitrogen and oxygen atoms in total. The molecule has 3 aromatic rings. The van der Waals surface area contributed by atoms with Crippen molar-refractivity contribution in [2.75, 3.05) is 12.0 Å². The van der Waals surface area contributed by atoms with Crippen LogP contribution in [-0.2, 0) is 22.6 Å². The van der Waals surface area contributed by atoms with E-state index in [1.165, 1.54) is 6.26 Å². The molecule has 0 saturated carbocycles. The molecule has 2 atom stereocenters. The van der Waals surface area contributed by atoms with Crippen molar-refractivity contribution in [2.45, 2.75) is 31.5 Å². The number of rotatable bonds is 11. The maximum atomic E-state index is 12.8. The van der Waals surface area contributed by atoms with Crippen LogP contribution in [0.3, 0.4) is 0 Å². The Labute approximate surface area is 191 Å². The van der Waals surface area contributed by atoms with E-state index in [0.717, 1.165) is 16.9 Å². The molecule has 1 amide bonds. The number of hydrogen-bond acceptors (Lipinski definition) is 7. The van der Waals surface area contributed by atoms with E-state index in [0.29, 0.717) is 12.3 Å². The summed E-state index contributed by atoms with van der Waals surface area (Å²) in [4.78, 5) is 29.8. The summed E-state index contributed by atoms with van der Waals surface area (Å²) in [5.41, 5.74) is 7.91. The van der Waals surface area contributed by atoms with E-state index in [2.05, 4.69) is 10.3 Å². The number of oxazole rings is 1. The van der Waals surface area contributed by atoms with Crippen LogP contribution in [0.5, 0.6) is 0 Å². The Kier molecular flexibility index (Phi) is 8.89. The van der Waals surface area contributed by atoms with E-state index >= 15 is 0 Å². The van der Waals surface area contributed by atoms with Crippen LogP contribution in [0.2, 0.25) is 0 Å². The largest absolute Gasteiger partial charge is 0.459 e. The summed E-state index contributed by atoms with van der Waals surface area (Å²) in [6.07, 6.45) is 4.23. The predicted molar refractivity (Wildman–Crippen MR) is 124 cm³/mol. The molecule has 1 aromatic heterocycles. The number of aromatic nitrogens is 1. The SMILES string of the molecule is CSCCC(N)c1nc(C(=O)NC(Cc2ccccc2)C(=O)OCc2ccccc2)co1. The van der Waals surface area contributed by atoms with Gasteiger partial charge in [0.1, 0.15) is 18.9 Å². The molecule has 3 N–H and O–H groups in total. The molecule has 168 valence electrons. The van der Waals surface area contributed by atoms with E-state index < -0.39 is 17.9 Å². The molecule has 0 spiro atoms. The minimum atomic E-state index is -0.876. The highest BCUT2D eigenvalue weighted by Gasteiger charge is 2.25. The smallest absolute Gasteiger partial charge is 0.329 e. The van der Waals surface area contributed by atoms with Crippen molar-refractivity contribution in [1.29, 1.82) is 0 Å². The Bertz CT molecular complexity index is 995. The summed E-state index contributed by atoms with van der Waals surface area (Å²) in [5.74, 6) is 0.119. The summed E-state index contributed by atoms with van der Waals surface area (Å²) in [6, 6.07) is 17.5. The monoisotopic (exact) mass is 453 g/mol. The number of carbonyl (C=O) groups excluding carboxylic acids is 2. The van der Waals surface area contributed by atoms with Crippen LogP contribution in [0.25, 0.3) is 0 Å². The highest BCUT2D eigenvalue weighted by molar-refractivity contribution is 7.98. The Balaban J connectivity index is 1.68. The normalized spacial score (nSPS) is 12.7. The topological polar surface area (TPSA) is 107 Å². The summed E-state index contributed by atoms with van der Waals surface area (Å²) in [6.45, 7) is 0.124. The number of nitrogens with two attached hydrogens (primary N) is 1. The lowest BCUT2D eigenvalue weighted by molar-refractivity contribution is -0.147. The third-order valence-corrected chi connectivity index (χ3v) is 5.45. The lowest BCUT2D eigenvalue weighted by Crippen LogP contribution is -2.43. The highest BCUT2D eigenvalue weighted by Crippen LogP contribution is 2.16. The predicted octanol–water partition coefficient (Wildman–Crippen LogP) is 3.51. The number of benzene rings is 2. The van der Waals surface area contributed by atoms with Crippen LogP contribution in [0.15, 0.2) is 71.3 Å². The van der Waals surface area contributed by atoms with Gasteiger partial charge in [0.25, 0.3) is 5.91 Å². The van der Waals surface area contributed by atoms with Crippen molar-refractivity contribution in [3.8, 4) is 0 Å². The van der Waals surface area contributed by atoms with Gasteiger partial charge in [0.2, 0.25) is 5.89 Å². The average Bonchev–Trinajstić information content (AvgIpc) is 3.32. The molecule has 32 heavy (non-hydrogen) atoms. The van der Waals surface area contributed by atoms with Crippen LogP contribution in [0.4, 0.5) is 0 Å². The van der Waals surface area contributed by atoms with Gasteiger partial charge in [-0.25, -0.2) is 9.78 Å². The maximum Gasteiger partial charge on any atom is 0.329 e. The lowest BCUT2D eigenvalue weighted by Gasteiger charge is -2.17. The molecule has 0 aliphatic heterocycles. The third-order valence-electron chi connectivity index (χ3n) is 4.80. The Hall–Kier alpha value is -3.10. The second kappa shape index (κ2) is 12.1. The van der Waals surface area contributed by atoms with Crippen molar-refractivity contribution in [1.82, 2.24) is 10.3 Å². The van der Waals surface area contributed by atoms with Gasteiger partial charge in [0.05, 0.1) is 6.04 Å². The van der Waals surface area contributed by atoms with Crippen molar-refractivity contribution in [3.63, 3.8) is 0 Å². The van der Waals surface area contributed by atoms with Crippen LogP contribution in [0.1, 0.15) is 40.0 Å². The molecule has 0 aliphatic rings.